The van der Waals surface area contributed by atoms with Crippen LogP contribution < -0.4 is 5.32 Å². The fraction of sp³-hybridized carbons (Fsp3) is 0.444. The first-order chi connectivity index (χ1) is 10.3. The molecule has 1 aliphatic rings. The van der Waals surface area contributed by atoms with E-state index in [1.165, 1.54) is 24.8 Å². The summed E-state index contributed by atoms with van der Waals surface area (Å²) in [5.74, 6) is 0.622. The minimum Gasteiger partial charge on any atom is -0.313 e. The van der Waals surface area contributed by atoms with Gasteiger partial charge in [0, 0.05) is 21.9 Å². The molecule has 1 aromatic carbocycles. The van der Waals surface area contributed by atoms with Crippen LogP contribution in [0.5, 0.6) is 0 Å². The smallest absolute Gasteiger partial charge is 0.0438 e. The van der Waals surface area contributed by atoms with E-state index in [0.717, 1.165) is 18.0 Å². The molecule has 21 heavy (non-hydrogen) atoms. The molecule has 0 amide bonds. The van der Waals surface area contributed by atoms with Crippen molar-refractivity contribution in [3.63, 3.8) is 0 Å². The molecule has 1 aliphatic carbocycles. The molecule has 0 bridgehead atoms. The van der Waals surface area contributed by atoms with Crippen LogP contribution in [0.4, 0.5) is 0 Å². The summed E-state index contributed by atoms with van der Waals surface area (Å²) in [6.07, 6.45) is 4.86. The van der Waals surface area contributed by atoms with E-state index in [9.17, 15) is 0 Å². The first kappa shape index (κ1) is 15.1. The Kier molecular flexibility index (Phi) is 4.99. The number of benzene rings is 1. The molecule has 0 saturated heterocycles. The van der Waals surface area contributed by atoms with E-state index in [-0.39, 0.29) is 0 Å². The van der Waals surface area contributed by atoms with Crippen LogP contribution in [-0.2, 0) is 12.8 Å². The Hall–Kier alpha value is -0.830. The Balaban J connectivity index is 1.84. The third-order valence-electron chi connectivity index (χ3n) is 4.45. The quantitative estimate of drug-likeness (QED) is 0.814. The van der Waals surface area contributed by atoms with Crippen LogP contribution >= 0.6 is 22.9 Å². The number of rotatable bonds is 5. The molecule has 1 heterocycles. The highest BCUT2D eigenvalue weighted by Gasteiger charge is 2.28. The normalized spacial score (nSPS) is 19.2. The number of fused-ring (bicyclic) bond motifs is 1. The zero-order valence-corrected chi connectivity index (χ0v) is 14.0. The predicted octanol–water partition coefficient (Wildman–Crippen LogP) is 5.04. The number of likely N-dealkylation sites (N-methyl/N-ethyl adjacent to an activating group) is 1. The van der Waals surface area contributed by atoms with Crippen LogP contribution in [0.2, 0.25) is 5.02 Å². The van der Waals surface area contributed by atoms with E-state index in [1.54, 1.807) is 10.4 Å². The molecule has 0 fully saturated rings. The van der Waals surface area contributed by atoms with Crippen molar-refractivity contribution in [2.75, 3.05) is 6.54 Å². The van der Waals surface area contributed by atoms with Crippen LogP contribution in [0.1, 0.15) is 41.7 Å². The predicted molar refractivity (Wildman–Crippen MR) is 92.6 cm³/mol. The lowest BCUT2D eigenvalue weighted by molar-refractivity contribution is 0.398. The number of hydrogen-bond donors (Lipinski definition) is 1. The molecular weight excluding hydrogens is 298 g/mol. The van der Waals surface area contributed by atoms with Gasteiger partial charge >= 0.3 is 0 Å². The van der Waals surface area contributed by atoms with E-state index in [4.69, 9.17) is 11.6 Å². The van der Waals surface area contributed by atoms with Gasteiger partial charge in [0.2, 0.25) is 0 Å². The zero-order valence-electron chi connectivity index (χ0n) is 12.4. The van der Waals surface area contributed by atoms with Gasteiger partial charge < -0.3 is 5.32 Å². The van der Waals surface area contributed by atoms with Gasteiger partial charge in [0.1, 0.15) is 0 Å². The molecule has 2 atom stereocenters. The van der Waals surface area contributed by atoms with E-state index in [0.29, 0.717) is 12.0 Å². The first-order valence-corrected chi connectivity index (χ1v) is 9.08. The maximum absolute atomic E-state index is 6.36. The summed E-state index contributed by atoms with van der Waals surface area (Å²) >= 11 is 8.28. The van der Waals surface area contributed by atoms with Gasteiger partial charge in [-0.15, -0.1) is 11.3 Å². The van der Waals surface area contributed by atoms with Crippen LogP contribution in [0, 0.1) is 0 Å². The molecule has 2 aromatic rings. The van der Waals surface area contributed by atoms with Crippen molar-refractivity contribution >= 4 is 22.9 Å². The van der Waals surface area contributed by atoms with Crippen LogP contribution in [0.3, 0.4) is 0 Å². The maximum atomic E-state index is 6.36. The van der Waals surface area contributed by atoms with Crippen LogP contribution in [0.15, 0.2) is 35.7 Å². The number of hydrogen-bond acceptors (Lipinski definition) is 2. The third kappa shape index (κ3) is 3.33. The molecule has 1 N–H and O–H groups in total. The molecule has 3 rings (SSSR count). The number of nitrogens with one attached hydrogen (secondary N) is 1. The maximum Gasteiger partial charge on any atom is 0.0438 e. The number of aryl methyl sites for hydroxylation is 1. The molecule has 3 heteroatoms. The minimum atomic E-state index is 0.476. The number of halogens is 1. The standard InChI is InChI=1S/C18H22ClNS/c1-2-20-17(12-13-6-3-4-8-16(13)19)14-7-5-9-18-15(14)10-11-21-18/h3-4,6,8,10-11,14,17,20H,2,5,7,9,12H2,1H3. The highest BCUT2D eigenvalue weighted by molar-refractivity contribution is 7.10. The van der Waals surface area contributed by atoms with E-state index < -0.39 is 0 Å². The molecule has 0 saturated carbocycles. The van der Waals surface area contributed by atoms with Crippen molar-refractivity contribution in [1.82, 2.24) is 5.32 Å². The average Bonchev–Trinajstić information content (AvgIpc) is 2.97. The largest absolute Gasteiger partial charge is 0.313 e. The molecule has 0 spiro atoms. The molecule has 0 aliphatic heterocycles. The Morgan fingerprint density at radius 3 is 3.00 bits per heavy atom. The van der Waals surface area contributed by atoms with Crippen molar-refractivity contribution in [2.45, 2.75) is 44.6 Å². The lowest BCUT2D eigenvalue weighted by atomic mass is 9.80. The Labute approximate surface area is 136 Å². The van der Waals surface area contributed by atoms with Crippen molar-refractivity contribution < 1.29 is 0 Å². The van der Waals surface area contributed by atoms with Gasteiger partial charge in [-0.3, -0.25) is 0 Å². The van der Waals surface area contributed by atoms with Crippen molar-refractivity contribution in [3.05, 3.63) is 56.7 Å². The topological polar surface area (TPSA) is 12.0 Å². The fourth-order valence-corrected chi connectivity index (χ4v) is 4.67. The second-order valence-corrected chi connectivity index (χ2v) is 7.17. The second-order valence-electron chi connectivity index (χ2n) is 5.76. The second kappa shape index (κ2) is 6.95. The fourth-order valence-electron chi connectivity index (χ4n) is 3.46. The molecular formula is C18H22ClNS. The Bertz CT molecular complexity index is 592. The van der Waals surface area contributed by atoms with Gasteiger partial charge in [-0.05, 0) is 60.9 Å². The molecule has 112 valence electrons. The Morgan fingerprint density at radius 2 is 2.19 bits per heavy atom. The van der Waals surface area contributed by atoms with Gasteiger partial charge in [0.05, 0.1) is 0 Å². The van der Waals surface area contributed by atoms with Gasteiger partial charge in [-0.1, -0.05) is 36.7 Å². The van der Waals surface area contributed by atoms with Crippen molar-refractivity contribution in [2.24, 2.45) is 0 Å². The highest BCUT2D eigenvalue weighted by Crippen LogP contribution is 2.38. The third-order valence-corrected chi connectivity index (χ3v) is 5.81. The summed E-state index contributed by atoms with van der Waals surface area (Å²) in [6, 6.07) is 11.1. The monoisotopic (exact) mass is 319 g/mol. The average molecular weight is 320 g/mol. The Morgan fingerprint density at radius 1 is 1.33 bits per heavy atom. The van der Waals surface area contributed by atoms with Gasteiger partial charge in [0.15, 0.2) is 0 Å². The molecule has 0 radical (unpaired) electrons. The zero-order chi connectivity index (χ0) is 14.7. The summed E-state index contributed by atoms with van der Waals surface area (Å²) in [5.41, 5.74) is 2.83. The van der Waals surface area contributed by atoms with Crippen molar-refractivity contribution in [3.8, 4) is 0 Å². The van der Waals surface area contributed by atoms with Gasteiger partial charge in [0.25, 0.3) is 0 Å². The van der Waals surface area contributed by atoms with Gasteiger partial charge in [-0.25, -0.2) is 0 Å². The van der Waals surface area contributed by atoms with E-state index in [1.807, 2.05) is 23.5 Å². The summed E-state index contributed by atoms with van der Waals surface area (Å²) in [7, 11) is 0. The summed E-state index contributed by atoms with van der Waals surface area (Å²) in [5, 5.41) is 6.85. The first-order valence-electron chi connectivity index (χ1n) is 7.82. The summed E-state index contributed by atoms with van der Waals surface area (Å²) in [4.78, 5) is 1.59. The van der Waals surface area contributed by atoms with Crippen LogP contribution in [0.25, 0.3) is 0 Å². The summed E-state index contributed by atoms with van der Waals surface area (Å²) < 4.78 is 0. The van der Waals surface area contributed by atoms with Crippen LogP contribution in [-0.4, -0.2) is 12.6 Å². The van der Waals surface area contributed by atoms with E-state index >= 15 is 0 Å². The minimum absolute atomic E-state index is 0.476. The lowest BCUT2D eigenvalue weighted by Crippen LogP contribution is -2.38. The summed E-state index contributed by atoms with van der Waals surface area (Å²) in [6.45, 7) is 3.20. The molecule has 1 aromatic heterocycles. The van der Waals surface area contributed by atoms with Gasteiger partial charge in [-0.2, -0.15) is 0 Å². The molecule has 2 unspecified atom stereocenters. The SMILES string of the molecule is CCNC(Cc1ccccc1Cl)C1CCCc2sccc21. The highest BCUT2D eigenvalue weighted by atomic mass is 35.5. The number of thiophene rings is 1. The van der Waals surface area contributed by atoms with E-state index in [2.05, 4.69) is 35.8 Å². The molecule has 1 nitrogen and oxygen atoms in total. The lowest BCUT2D eigenvalue weighted by Gasteiger charge is -2.31. The van der Waals surface area contributed by atoms with Crippen molar-refractivity contribution in [1.29, 1.82) is 0 Å².